The highest BCUT2D eigenvalue weighted by molar-refractivity contribution is 7.80. The lowest BCUT2D eigenvalue weighted by Crippen LogP contribution is -2.57. The number of guanidine groups is 1. The van der Waals surface area contributed by atoms with Gasteiger partial charge in [-0.3, -0.25) is 24.2 Å². The van der Waals surface area contributed by atoms with E-state index in [0.29, 0.717) is 12.0 Å². The van der Waals surface area contributed by atoms with Crippen LogP contribution >= 0.6 is 12.6 Å². The molecule has 0 aliphatic rings. The fourth-order valence-corrected chi connectivity index (χ4v) is 4.12. The molecule has 0 aliphatic carbocycles. The molecule has 41 heavy (non-hydrogen) atoms. The normalized spacial score (nSPS) is 13.8. The zero-order valence-electron chi connectivity index (χ0n) is 22.3. The molecule has 4 atom stereocenters. The maximum atomic E-state index is 13.4. The van der Waals surface area contributed by atoms with Crippen molar-refractivity contribution in [2.75, 3.05) is 12.3 Å². The number of rotatable bonds is 17. The quantitative estimate of drug-likeness (QED) is 0.0414. The minimum absolute atomic E-state index is 0.0193. The van der Waals surface area contributed by atoms with Gasteiger partial charge in [0.15, 0.2) is 5.96 Å². The topological polar surface area (TPSA) is 274 Å². The number of aromatic nitrogens is 1. The number of H-pyrrole nitrogens is 1. The minimum Gasteiger partial charge on any atom is -0.480 e. The van der Waals surface area contributed by atoms with Gasteiger partial charge in [0.05, 0.1) is 6.04 Å². The number of carbonyl (C=O) groups excluding carboxylic acids is 4. The Morgan fingerprint density at radius 3 is 2.20 bits per heavy atom. The van der Waals surface area contributed by atoms with Crippen LogP contribution < -0.4 is 38.9 Å². The Morgan fingerprint density at radius 2 is 1.56 bits per heavy atom. The summed E-state index contributed by atoms with van der Waals surface area (Å²) in [5, 5.41) is 17.9. The maximum absolute atomic E-state index is 13.4. The Hall–Kier alpha value is -4.31. The van der Waals surface area contributed by atoms with Crippen molar-refractivity contribution in [1.82, 2.24) is 20.9 Å². The third-order valence-corrected chi connectivity index (χ3v) is 6.53. The van der Waals surface area contributed by atoms with Crippen LogP contribution in [0.3, 0.4) is 0 Å². The number of carboxylic acid groups (broad SMARTS) is 1. The molecular weight excluding hydrogens is 554 g/mol. The van der Waals surface area contributed by atoms with E-state index in [1.807, 2.05) is 24.3 Å². The third-order valence-electron chi connectivity index (χ3n) is 6.14. The monoisotopic (exact) mass is 591 g/mol. The van der Waals surface area contributed by atoms with Gasteiger partial charge in [-0.15, -0.1) is 0 Å². The van der Waals surface area contributed by atoms with Crippen molar-refractivity contribution in [2.45, 2.75) is 56.3 Å². The van der Waals surface area contributed by atoms with E-state index < -0.39 is 53.8 Å². The molecule has 0 bridgehead atoms. The number of aliphatic carboxylic acids is 1. The molecule has 0 spiro atoms. The second-order valence-corrected chi connectivity index (χ2v) is 9.69. The van der Waals surface area contributed by atoms with Crippen LogP contribution in [0.4, 0.5) is 0 Å². The number of nitrogens with zero attached hydrogens (tertiary/aromatic N) is 1. The van der Waals surface area contributed by atoms with Crippen LogP contribution in [0.15, 0.2) is 35.5 Å². The largest absolute Gasteiger partial charge is 0.480 e. The molecule has 4 amide bonds. The van der Waals surface area contributed by atoms with Gasteiger partial charge in [0, 0.05) is 42.2 Å². The van der Waals surface area contributed by atoms with Gasteiger partial charge in [0.25, 0.3) is 0 Å². The highest BCUT2D eigenvalue weighted by Gasteiger charge is 2.31. The van der Waals surface area contributed by atoms with Crippen LogP contribution in [0, 0.1) is 0 Å². The number of para-hydroxylation sites is 1. The Bertz CT molecular complexity index is 1260. The predicted molar refractivity (Wildman–Crippen MR) is 156 cm³/mol. The van der Waals surface area contributed by atoms with Gasteiger partial charge in [-0.1, -0.05) is 18.2 Å². The van der Waals surface area contributed by atoms with Gasteiger partial charge in [0.2, 0.25) is 23.6 Å². The van der Waals surface area contributed by atoms with Crippen LogP contribution in [0.5, 0.6) is 0 Å². The van der Waals surface area contributed by atoms with Gasteiger partial charge in [0.1, 0.15) is 18.1 Å². The van der Waals surface area contributed by atoms with Crippen molar-refractivity contribution in [3.05, 3.63) is 36.0 Å². The van der Waals surface area contributed by atoms with Gasteiger partial charge in [-0.05, 0) is 30.9 Å². The van der Waals surface area contributed by atoms with E-state index in [1.165, 1.54) is 0 Å². The van der Waals surface area contributed by atoms with Crippen LogP contribution in [0.2, 0.25) is 0 Å². The van der Waals surface area contributed by atoms with Gasteiger partial charge in [-0.25, -0.2) is 4.79 Å². The third kappa shape index (κ3) is 10.6. The Balaban J connectivity index is 2.32. The van der Waals surface area contributed by atoms with E-state index in [2.05, 4.69) is 38.6 Å². The maximum Gasteiger partial charge on any atom is 0.326 e. The summed E-state index contributed by atoms with van der Waals surface area (Å²) < 4.78 is 0. The van der Waals surface area contributed by atoms with Crippen molar-refractivity contribution >= 4 is 59.1 Å². The molecule has 0 aliphatic heterocycles. The second kappa shape index (κ2) is 16.1. The highest BCUT2D eigenvalue weighted by atomic mass is 32.1. The summed E-state index contributed by atoms with van der Waals surface area (Å²) in [4.78, 5) is 69.2. The molecule has 0 fully saturated rings. The second-order valence-electron chi connectivity index (χ2n) is 9.33. The first-order chi connectivity index (χ1) is 19.4. The SMILES string of the molecule is NC(=O)CCC(NC(=O)C(Cc1c[nH]c2ccccc12)NC(=O)C(CCCN=C(N)N)NC(=O)C(N)CS)C(=O)O. The molecule has 0 saturated heterocycles. The number of aliphatic imine (C=N–C) groups is 1. The molecule has 1 aromatic heterocycles. The van der Waals surface area contributed by atoms with E-state index in [4.69, 9.17) is 22.9 Å². The van der Waals surface area contributed by atoms with E-state index >= 15 is 0 Å². The lowest BCUT2D eigenvalue weighted by atomic mass is 10.0. The average molecular weight is 592 g/mol. The molecule has 0 radical (unpaired) electrons. The number of nitrogens with one attached hydrogen (secondary N) is 4. The van der Waals surface area contributed by atoms with Crippen molar-refractivity contribution in [3.8, 4) is 0 Å². The minimum atomic E-state index is -1.43. The Labute approximate surface area is 241 Å². The molecular formula is C25H37N9O6S. The molecule has 16 heteroatoms. The van der Waals surface area contributed by atoms with Gasteiger partial charge in [-0.2, -0.15) is 12.6 Å². The zero-order chi connectivity index (χ0) is 30.5. The number of fused-ring (bicyclic) bond motifs is 1. The Morgan fingerprint density at radius 1 is 0.927 bits per heavy atom. The fraction of sp³-hybridized carbons (Fsp3) is 0.440. The Kier molecular flexibility index (Phi) is 12.9. The van der Waals surface area contributed by atoms with Gasteiger partial charge >= 0.3 is 5.97 Å². The number of hydrogen-bond acceptors (Lipinski definition) is 8. The zero-order valence-corrected chi connectivity index (χ0v) is 23.2. The summed E-state index contributed by atoms with van der Waals surface area (Å²) in [7, 11) is 0. The van der Waals surface area contributed by atoms with E-state index in [-0.39, 0.29) is 43.9 Å². The number of carboxylic acids is 1. The van der Waals surface area contributed by atoms with Crippen molar-refractivity contribution in [1.29, 1.82) is 0 Å². The van der Waals surface area contributed by atoms with E-state index in [9.17, 15) is 29.1 Å². The molecule has 1 aromatic carbocycles. The lowest BCUT2D eigenvalue weighted by Gasteiger charge is -2.25. The molecule has 1 heterocycles. The number of carbonyl (C=O) groups is 5. The summed E-state index contributed by atoms with van der Waals surface area (Å²) in [6.45, 7) is 0.181. The van der Waals surface area contributed by atoms with Crippen molar-refractivity contribution < 1.29 is 29.1 Å². The smallest absolute Gasteiger partial charge is 0.326 e. The summed E-state index contributed by atoms with van der Waals surface area (Å²) >= 11 is 4.01. The van der Waals surface area contributed by atoms with E-state index in [1.54, 1.807) is 6.20 Å². The highest BCUT2D eigenvalue weighted by Crippen LogP contribution is 2.19. The summed E-state index contributed by atoms with van der Waals surface area (Å²) in [5.74, 6) is -4.35. The molecule has 2 aromatic rings. The number of amides is 4. The number of benzene rings is 1. The summed E-state index contributed by atoms with van der Waals surface area (Å²) in [6, 6.07) is 2.51. The number of aromatic amines is 1. The standard InChI is InChI=1S/C25H37N9O6S/c26-15(12-41)21(36)32-17(6-3-9-30-25(28)29)22(37)34-19(10-13-11-31-16-5-2-1-4-14(13)16)23(38)33-18(24(39)40)7-8-20(27)35/h1-2,4-5,11,15,17-19,31,41H,3,6-10,12,26H2,(H2,27,35)(H,32,36)(H,33,38)(H,34,37)(H,39,40)(H4,28,29,30). The number of primary amides is 1. The van der Waals surface area contributed by atoms with Crippen LogP contribution in [-0.2, 0) is 30.4 Å². The van der Waals surface area contributed by atoms with Gasteiger partial charge < -0.3 is 49.0 Å². The first-order valence-corrected chi connectivity index (χ1v) is 13.4. The molecule has 224 valence electrons. The molecule has 15 nitrogen and oxygen atoms in total. The number of hydrogen-bond donors (Lipinski definition) is 10. The molecule has 2 rings (SSSR count). The number of nitrogens with two attached hydrogens (primary N) is 4. The van der Waals surface area contributed by atoms with Crippen molar-refractivity contribution in [2.24, 2.45) is 27.9 Å². The molecule has 13 N–H and O–H groups in total. The van der Waals surface area contributed by atoms with Crippen molar-refractivity contribution in [3.63, 3.8) is 0 Å². The van der Waals surface area contributed by atoms with E-state index in [0.717, 1.165) is 10.9 Å². The first kappa shape index (κ1) is 32.9. The predicted octanol–water partition coefficient (Wildman–Crippen LogP) is -2.17. The van der Waals surface area contributed by atoms with Crippen LogP contribution in [-0.4, -0.2) is 82.1 Å². The summed E-state index contributed by atoms with van der Waals surface area (Å²) in [6.07, 6.45) is 1.56. The number of thiol groups is 1. The van der Waals surface area contributed by atoms with Crippen LogP contribution in [0.25, 0.3) is 10.9 Å². The lowest BCUT2D eigenvalue weighted by molar-refractivity contribution is -0.142. The first-order valence-electron chi connectivity index (χ1n) is 12.8. The molecule has 0 saturated carbocycles. The molecule has 4 unspecified atom stereocenters. The fourth-order valence-electron chi connectivity index (χ4n) is 3.95. The summed E-state index contributed by atoms with van der Waals surface area (Å²) in [5.41, 5.74) is 23.1. The average Bonchev–Trinajstić information content (AvgIpc) is 3.33. The van der Waals surface area contributed by atoms with Crippen LogP contribution in [0.1, 0.15) is 31.2 Å².